The van der Waals surface area contributed by atoms with E-state index < -0.39 is 0 Å². The lowest BCUT2D eigenvalue weighted by Gasteiger charge is -2.04. The first-order valence-corrected chi connectivity index (χ1v) is 23.8. The van der Waals surface area contributed by atoms with Crippen LogP contribution in [0.2, 0.25) is 0 Å². The lowest BCUT2D eigenvalue weighted by molar-refractivity contribution is 0.544. The molecule has 0 aromatic carbocycles. The van der Waals surface area contributed by atoms with Crippen molar-refractivity contribution in [3.63, 3.8) is 0 Å². The highest BCUT2D eigenvalue weighted by Crippen LogP contribution is 2.44. The lowest BCUT2D eigenvalue weighted by Crippen LogP contribution is -1.87. The van der Waals surface area contributed by atoms with Crippen molar-refractivity contribution in [3.05, 3.63) is 31.9 Å². The van der Waals surface area contributed by atoms with Crippen molar-refractivity contribution >= 4 is 70.9 Å². The number of nitrogens with zero attached hydrogens (tertiary/aromatic N) is 2. The standard InChI is InChI=1S/C41H63BrN2S4/c1-4-6-8-10-12-14-16-18-20-22-24-26-28-33-30-32(3)45-36(33)38-43-40-41(47-38)44-39(48-40)37-34(31-35(42)46-37)29-27-25-23-21-19-17-15-13-11-9-7-5-2/h30-31H,4-29H2,1-3H3. The topological polar surface area (TPSA) is 25.8 Å². The summed E-state index contributed by atoms with van der Waals surface area (Å²) in [6.07, 6.45) is 35.9. The number of unbranched alkanes of at least 4 members (excludes halogenated alkanes) is 22. The summed E-state index contributed by atoms with van der Waals surface area (Å²) in [4.78, 5) is 16.7. The van der Waals surface area contributed by atoms with Gasteiger partial charge in [-0.25, -0.2) is 9.97 Å². The van der Waals surface area contributed by atoms with Gasteiger partial charge >= 0.3 is 0 Å². The van der Waals surface area contributed by atoms with Crippen molar-refractivity contribution in [1.82, 2.24) is 9.97 Å². The highest BCUT2D eigenvalue weighted by Gasteiger charge is 2.20. The van der Waals surface area contributed by atoms with Gasteiger partial charge in [-0.3, -0.25) is 0 Å². The molecule has 4 aromatic heterocycles. The third kappa shape index (κ3) is 14.2. The van der Waals surface area contributed by atoms with Gasteiger partial charge in [0.15, 0.2) is 9.66 Å². The van der Waals surface area contributed by atoms with Crippen LogP contribution in [0.25, 0.3) is 29.4 Å². The molecule has 0 saturated heterocycles. The van der Waals surface area contributed by atoms with E-state index in [4.69, 9.17) is 9.97 Å². The van der Waals surface area contributed by atoms with Gasteiger partial charge in [0.05, 0.1) is 13.5 Å². The maximum Gasteiger partial charge on any atom is 0.155 e. The molecule has 0 aliphatic carbocycles. The van der Waals surface area contributed by atoms with E-state index in [9.17, 15) is 0 Å². The Morgan fingerprint density at radius 1 is 0.458 bits per heavy atom. The molecule has 0 fully saturated rings. The molecule has 48 heavy (non-hydrogen) atoms. The van der Waals surface area contributed by atoms with Gasteiger partial charge < -0.3 is 0 Å². The van der Waals surface area contributed by atoms with Crippen LogP contribution in [0.3, 0.4) is 0 Å². The van der Waals surface area contributed by atoms with Gasteiger partial charge in [-0.2, -0.15) is 0 Å². The molecular weight excluding hydrogens is 729 g/mol. The van der Waals surface area contributed by atoms with E-state index in [0.717, 1.165) is 21.1 Å². The maximum atomic E-state index is 5.16. The fraction of sp³-hybridized carbons (Fsp3) is 0.707. The fourth-order valence-corrected chi connectivity index (χ4v) is 11.9. The Labute approximate surface area is 318 Å². The van der Waals surface area contributed by atoms with Crippen molar-refractivity contribution in [2.24, 2.45) is 0 Å². The van der Waals surface area contributed by atoms with Crippen LogP contribution in [0.4, 0.5) is 0 Å². The summed E-state index contributed by atoms with van der Waals surface area (Å²) >= 11 is 11.1. The van der Waals surface area contributed by atoms with E-state index in [2.05, 4.69) is 48.8 Å². The Morgan fingerprint density at radius 2 is 0.812 bits per heavy atom. The molecule has 0 unspecified atom stereocenters. The second kappa shape index (κ2) is 23.8. The van der Waals surface area contributed by atoms with Crippen molar-refractivity contribution in [2.45, 2.75) is 188 Å². The van der Waals surface area contributed by atoms with E-state index in [1.54, 1.807) is 22.7 Å². The van der Waals surface area contributed by atoms with Gasteiger partial charge in [-0.1, -0.05) is 178 Å². The minimum absolute atomic E-state index is 1.10. The largest absolute Gasteiger partial charge is 0.222 e. The summed E-state index contributed by atoms with van der Waals surface area (Å²) in [6, 6.07) is 4.75. The summed E-state index contributed by atoms with van der Waals surface area (Å²) in [5, 5.41) is 2.32. The molecule has 0 aliphatic rings. The number of halogens is 1. The molecule has 4 rings (SSSR count). The lowest BCUT2D eigenvalue weighted by atomic mass is 10.0. The number of thiazole rings is 2. The van der Waals surface area contributed by atoms with Crippen LogP contribution in [-0.4, -0.2) is 9.97 Å². The molecular formula is C41H63BrN2S4. The normalized spacial score (nSPS) is 11.8. The number of aromatic nitrogens is 2. The van der Waals surface area contributed by atoms with Gasteiger partial charge in [-0.05, 0) is 71.8 Å². The van der Waals surface area contributed by atoms with E-state index in [-0.39, 0.29) is 0 Å². The number of fused-ring (bicyclic) bond motifs is 1. The predicted octanol–water partition coefficient (Wildman–Crippen LogP) is 16.8. The predicted molar refractivity (Wildman–Crippen MR) is 224 cm³/mol. The van der Waals surface area contributed by atoms with E-state index >= 15 is 0 Å². The van der Waals surface area contributed by atoms with Gasteiger partial charge in [0.2, 0.25) is 0 Å². The van der Waals surface area contributed by atoms with Gasteiger partial charge in [0, 0.05) is 4.88 Å². The third-order valence-electron chi connectivity index (χ3n) is 9.67. The molecule has 268 valence electrons. The Balaban J connectivity index is 1.18. The van der Waals surface area contributed by atoms with E-state index in [1.807, 2.05) is 22.7 Å². The number of aryl methyl sites for hydroxylation is 3. The summed E-state index contributed by atoms with van der Waals surface area (Å²) < 4.78 is 1.22. The zero-order valence-corrected chi connectivity index (χ0v) is 35.3. The number of rotatable bonds is 28. The molecule has 0 atom stereocenters. The van der Waals surface area contributed by atoms with Crippen LogP contribution < -0.4 is 0 Å². The van der Waals surface area contributed by atoms with Crippen molar-refractivity contribution < 1.29 is 0 Å². The Hall–Kier alpha value is -0.600. The number of thiophene rings is 2. The Kier molecular flexibility index (Phi) is 19.9. The molecule has 0 N–H and O–H groups in total. The summed E-state index contributed by atoms with van der Waals surface area (Å²) in [7, 11) is 0. The molecule has 0 radical (unpaired) electrons. The van der Waals surface area contributed by atoms with Crippen molar-refractivity contribution in [3.8, 4) is 19.8 Å². The minimum atomic E-state index is 1.10. The number of hydrogen-bond donors (Lipinski definition) is 0. The smallest absolute Gasteiger partial charge is 0.155 e. The quantitative estimate of drug-likeness (QED) is 0.0536. The molecule has 2 nitrogen and oxygen atoms in total. The Bertz CT molecular complexity index is 1280. The van der Waals surface area contributed by atoms with E-state index in [1.165, 1.54) is 195 Å². The van der Waals surface area contributed by atoms with Crippen LogP contribution in [0, 0.1) is 6.92 Å². The van der Waals surface area contributed by atoms with Gasteiger partial charge in [0.25, 0.3) is 0 Å². The van der Waals surface area contributed by atoms with Crippen molar-refractivity contribution in [1.29, 1.82) is 0 Å². The summed E-state index contributed by atoms with van der Waals surface area (Å²) in [5.41, 5.74) is 2.96. The average molecular weight is 792 g/mol. The van der Waals surface area contributed by atoms with Gasteiger partial charge in [-0.15, -0.1) is 22.7 Å². The third-order valence-corrected chi connectivity index (χ3v) is 14.8. The molecule has 0 aliphatic heterocycles. The zero-order chi connectivity index (χ0) is 33.8. The second-order valence-electron chi connectivity index (χ2n) is 14.0. The van der Waals surface area contributed by atoms with Crippen LogP contribution in [-0.2, 0) is 12.8 Å². The van der Waals surface area contributed by atoms with Crippen LogP contribution in [0.5, 0.6) is 0 Å². The molecule has 0 saturated carbocycles. The minimum Gasteiger partial charge on any atom is -0.222 e. The highest BCUT2D eigenvalue weighted by atomic mass is 79.9. The number of hydrogen-bond acceptors (Lipinski definition) is 6. The summed E-state index contributed by atoms with van der Waals surface area (Å²) in [5.74, 6) is 0. The first-order valence-electron chi connectivity index (χ1n) is 19.7. The molecule has 0 amide bonds. The molecule has 4 heterocycles. The SMILES string of the molecule is CCCCCCCCCCCCCCc1cc(C)sc1-c1nc2sc(-c3sc(Br)cc3CCCCCCCCCCCCCC)nc2s1. The Morgan fingerprint density at radius 3 is 1.23 bits per heavy atom. The second-order valence-corrected chi connectivity index (χ2v) is 19.7. The summed E-state index contributed by atoms with van der Waals surface area (Å²) in [6.45, 7) is 6.85. The van der Waals surface area contributed by atoms with Crippen molar-refractivity contribution in [2.75, 3.05) is 0 Å². The van der Waals surface area contributed by atoms with E-state index in [0.29, 0.717) is 0 Å². The first kappa shape index (κ1) is 40.2. The molecule has 0 bridgehead atoms. The monoisotopic (exact) mass is 790 g/mol. The van der Waals surface area contributed by atoms with Gasteiger partial charge in [0.1, 0.15) is 10.0 Å². The highest BCUT2D eigenvalue weighted by molar-refractivity contribution is 9.11. The van der Waals surface area contributed by atoms with Crippen LogP contribution in [0.15, 0.2) is 15.9 Å². The van der Waals surface area contributed by atoms with Crippen LogP contribution >= 0.6 is 61.3 Å². The maximum absolute atomic E-state index is 5.16. The molecule has 4 aromatic rings. The van der Waals surface area contributed by atoms with Crippen LogP contribution in [0.1, 0.15) is 184 Å². The first-order chi connectivity index (χ1) is 23.6. The molecule has 7 heteroatoms. The average Bonchev–Trinajstić information content (AvgIpc) is 3.84. The zero-order valence-electron chi connectivity index (χ0n) is 30.4. The fourth-order valence-electron chi connectivity index (χ4n) is 6.84. The molecule has 0 spiro atoms.